The molecule has 0 bridgehead atoms. The summed E-state index contributed by atoms with van der Waals surface area (Å²) < 4.78 is 9.73. The zero-order valence-corrected chi connectivity index (χ0v) is 10.5. The van der Waals surface area contributed by atoms with Gasteiger partial charge in [0.1, 0.15) is 5.60 Å². The average molecular weight is 246 g/mol. The van der Waals surface area contributed by atoms with E-state index in [1.54, 1.807) is 20.8 Å². The van der Waals surface area contributed by atoms with Crippen LogP contribution < -0.4 is 0 Å². The first-order valence-electron chi connectivity index (χ1n) is 5.26. The lowest BCUT2D eigenvalue weighted by atomic mass is 10.2. The third-order valence-corrected chi connectivity index (χ3v) is 1.59. The molecule has 0 aromatic heterocycles. The highest BCUT2D eigenvalue weighted by molar-refractivity contribution is 5.81. The van der Waals surface area contributed by atoms with Crippen LogP contribution in [0.25, 0.3) is 0 Å². The van der Waals surface area contributed by atoms with Crippen molar-refractivity contribution in [3.8, 4) is 0 Å². The molecule has 0 aliphatic heterocycles. The van der Waals surface area contributed by atoms with Crippen LogP contribution in [0.15, 0.2) is 0 Å². The van der Waals surface area contributed by atoms with Crippen LogP contribution in [0.4, 0.5) is 0 Å². The summed E-state index contributed by atoms with van der Waals surface area (Å²) in [4.78, 5) is 32.8. The molecule has 6 heteroatoms. The van der Waals surface area contributed by atoms with Crippen molar-refractivity contribution in [3.63, 3.8) is 0 Å². The van der Waals surface area contributed by atoms with Crippen molar-refractivity contribution in [3.05, 3.63) is 0 Å². The average Bonchev–Trinajstić information content (AvgIpc) is 2.11. The summed E-state index contributed by atoms with van der Waals surface area (Å²) in [5, 5.41) is 8.36. The van der Waals surface area contributed by atoms with Crippen molar-refractivity contribution in [2.24, 2.45) is 0 Å². The van der Waals surface area contributed by atoms with E-state index >= 15 is 0 Å². The van der Waals surface area contributed by atoms with Gasteiger partial charge in [0, 0.05) is 0 Å². The second-order valence-corrected chi connectivity index (χ2v) is 4.56. The van der Waals surface area contributed by atoms with Crippen molar-refractivity contribution in [2.75, 3.05) is 0 Å². The molecule has 0 saturated carbocycles. The van der Waals surface area contributed by atoms with Gasteiger partial charge in [-0.05, 0) is 27.7 Å². The van der Waals surface area contributed by atoms with Gasteiger partial charge in [-0.25, -0.2) is 4.79 Å². The molecule has 0 fully saturated rings. The minimum Gasteiger partial charge on any atom is -0.481 e. The summed E-state index contributed by atoms with van der Waals surface area (Å²) in [6.45, 7) is 6.48. The van der Waals surface area contributed by atoms with Crippen molar-refractivity contribution in [2.45, 2.75) is 52.2 Å². The van der Waals surface area contributed by atoms with Crippen molar-refractivity contribution < 1.29 is 29.0 Å². The fraction of sp³-hybridized carbons (Fsp3) is 0.727. The van der Waals surface area contributed by atoms with Crippen molar-refractivity contribution in [1.82, 2.24) is 0 Å². The molecule has 1 N–H and O–H groups in total. The molecule has 0 aliphatic carbocycles. The number of carbonyl (C=O) groups excluding carboxylic acids is 2. The summed E-state index contributed by atoms with van der Waals surface area (Å²) in [7, 11) is 0. The molecule has 0 radical (unpaired) electrons. The Morgan fingerprint density at radius 2 is 1.71 bits per heavy atom. The molecular formula is C11H18O6. The van der Waals surface area contributed by atoms with Crippen LogP contribution in [0.1, 0.15) is 40.5 Å². The molecule has 1 atom stereocenters. The molecular weight excluding hydrogens is 228 g/mol. The normalized spacial score (nSPS) is 12.7. The van der Waals surface area contributed by atoms with Gasteiger partial charge in [-0.2, -0.15) is 0 Å². The Morgan fingerprint density at radius 1 is 1.18 bits per heavy atom. The highest BCUT2D eigenvalue weighted by atomic mass is 16.6. The van der Waals surface area contributed by atoms with Gasteiger partial charge in [0.2, 0.25) is 0 Å². The van der Waals surface area contributed by atoms with Gasteiger partial charge in [0.05, 0.1) is 12.8 Å². The lowest BCUT2D eigenvalue weighted by molar-refractivity contribution is -0.174. The molecule has 0 amide bonds. The van der Waals surface area contributed by atoms with Crippen molar-refractivity contribution in [1.29, 1.82) is 0 Å². The van der Waals surface area contributed by atoms with Gasteiger partial charge in [-0.15, -0.1) is 0 Å². The Kier molecular flexibility index (Phi) is 5.64. The van der Waals surface area contributed by atoms with Crippen molar-refractivity contribution >= 4 is 17.9 Å². The Labute approximate surface area is 99.9 Å². The number of rotatable bonds is 5. The zero-order chi connectivity index (χ0) is 13.6. The van der Waals surface area contributed by atoms with Gasteiger partial charge in [-0.3, -0.25) is 9.59 Å². The summed E-state index contributed by atoms with van der Waals surface area (Å²) in [5.74, 6) is -2.47. The number of carboxylic acids is 1. The molecule has 0 spiro atoms. The second-order valence-electron chi connectivity index (χ2n) is 4.56. The largest absolute Gasteiger partial charge is 0.481 e. The third kappa shape index (κ3) is 8.24. The van der Waals surface area contributed by atoms with Crippen LogP contribution in [0.2, 0.25) is 0 Å². The van der Waals surface area contributed by atoms with E-state index in [0.29, 0.717) is 0 Å². The number of carbonyl (C=O) groups is 3. The van der Waals surface area contributed by atoms with Crippen LogP contribution in [0, 0.1) is 0 Å². The molecule has 0 aromatic rings. The number of carboxylic acid groups (broad SMARTS) is 1. The number of esters is 2. The maximum atomic E-state index is 11.4. The van der Waals surface area contributed by atoms with E-state index in [4.69, 9.17) is 14.6 Å². The van der Waals surface area contributed by atoms with Gasteiger partial charge < -0.3 is 14.6 Å². The minimum atomic E-state index is -1.09. The zero-order valence-electron chi connectivity index (χ0n) is 10.5. The number of aliphatic carboxylic acids is 1. The Hall–Kier alpha value is -1.59. The monoisotopic (exact) mass is 246 g/mol. The lowest BCUT2D eigenvalue weighted by Crippen LogP contribution is -2.33. The molecule has 0 saturated heterocycles. The topological polar surface area (TPSA) is 89.9 Å². The molecule has 0 rings (SSSR count). The Bertz CT molecular complexity index is 302. The van der Waals surface area contributed by atoms with Gasteiger partial charge in [-0.1, -0.05) is 0 Å². The predicted octanol–water partition coefficient (Wildman–Crippen LogP) is 1.12. The van der Waals surface area contributed by atoms with E-state index in [9.17, 15) is 14.4 Å². The number of hydrogen-bond donors (Lipinski definition) is 1. The van der Waals surface area contributed by atoms with E-state index in [1.165, 1.54) is 6.92 Å². The van der Waals surface area contributed by atoms with Gasteiger partial charge in [0.15, 0.2) is 6.10 Å². The van der Waals surface area contributed by atoms with Crippen LogP contribution in [-0.4, -0.2) is 34.7 Å². The summed E-state index contributed by atoms with van der Waals surface area (Å²) in [6, 6.07) is 0. The molecule has 0 heterocycles. The summed E-state index contributed by atoms with van der Waals surface area (Å²) in [5.41, 5.74) is -0.654. The maximum Gasteiger partial charge on any atom is 0.347 e. The predicted molar refractivity (Wildman–Crippen MR) is 58.3 cm³/mol. The van der Waals surface area contributed by atoms with Gasteiger partial charge >= 0.3 is 17.9 Å². The summed E-state index contributed by atoms with van der Waals surface area (Å²) >= 11 is 0. The van der Waals surface area contributed by atoms with E-state index in [2.05, 4.69) is 0 Å². The molecule has 0 aromatic carbocycles. The van der Waals surface area contributed by atoms with E-state index in [-0.39, 0.29) is 12.8 Å². The highest BCUT2D eigenvalue weighted by Crippen LogP contribution is 2.10. The number of hydrogen-bond acceptors (Lipinski definition) is 5. The Morgan fingerprint density at radius 3 is 2.12 bits per heavy atom. The highest BCUT2D eigenvalue weighted by Gasteiger charge is 2.24. The fourth-order valence-corrected chi connectivity index (χ4v) is 0.898. The molecule has 1 unspecified atom stereocenters. The molecule has 17 heavy (non-hydrogen) atoms. The third-order valence-electron chi connectivity index (χ3n) is 1.59. The lowest BCUT2D eigenvalue weighted by Gasteiger charge is -2.22. The summed E-state index contributed by atoms with van der Waals surface area (Å²) in [6.07, 6.45) is -1.61. The minimum absolute atomic E-state index is 0.261. The second kappa shape index (κ2) is 6.22. The SMILES string of the molecule is CC(OC(=O)CCC(=O)O)C(=O)OC(C)(C)C. The maximum absolute atomic E-state index is 11.4. The number of ether oxygens (including phenoxy) is 2. The first-order valence-corrected chi connectivity index (χ1v) is 5.26. The molecule has 0 aliphatic rings. The standard InChI is InChI=1S/C11H18O6/c1-7(10(15)17-11(2,3)4)16-9(14)6-5-8(12)13/h7H,5-6H2,1-4H3,(H,12,13). The van der Waals surface area contributed by atoms with E-state index < -0.39 is 29.6 Å². The smallest absolute Gasteiger partial charge is 0.347 e. The van der Waals surface area contributed by atoms with Crippen LogP contribution in [0.5, 0.6) is 0 Å². The van der Waals surface area contributed by atoms with Gasteiger partial charge in [0.25, 0.3) is 0 Å². The Balaban J connectivity index is 4.08. The first-order chi connectivity index (χ1) is 7.61. The quantitative estimate of drug-likeness (QED) is 0.731. The van der Waals surface area contributed by atoms with E-state index in [0.717, 1.165) is 0 Å². The fourth-order valence-electron chi connectivity index (χ4n) is 0.898. The molecule has 6 nitrogen and oxygen atoms in total. The molecule has 98 valence electrons. The first kappa shape index (κ1) is 15.4. The van der Waals surface area contributed by atoms with Crippen LogP contribution in [0.3, 0.4) is 0 Å². The van der Waals surface area contributed by atoms with Crippen LogP contribution >= 0.6 is 0 Å². The van der Waals surface area contributed by atoms with Crippen LogP contribution in [-0.2, 0) is 23.9 Å². The van der Waals surface area contributed by atoms with E-state index in [1.807, 2.05) is 0 Å².